The molecule has 3 aromatic rings. The second-order valence-electron chi connectivity index (χ2n) is 6.77. The van der Waals surface area contributed by atoms with E-state index in [4.69, 9.17) is 11.6 Å². The summed E-state index contributed by atoms with van der Waals surface area (Å²) >= 11 is 9.35. The number of hydrogen-bond acceptors (Lipinski definition) is 3. The van der Waals surface area contributed by atoms with Crippen LogP contribution in [0.3, 0.4) is 0 Å². The lowest BCUT2D eigenvalue weighted by molar-refractivity contribution is -0.0547. The maximum Gasteiger partial charge on any atom is 0.257 e. The lowest BCUT2D eigenvalue weighted by Crippen LogP contribution is -2.44. The zero-order valence-corrected chi connectivity index (χ0v) is 17.5. The van der Waals surface area contributed by atoms with Crippen molar-refractivity contribution < 1.29 is 9.90 Å². The van der Waals surface area contributed by atoms with Crippen molar-refractivity contribution in [3.8, 4) is 0 Å². The summed E-state index contributed by atoms with van der Waals surface area (Å²) in [6.45, 7) is 2.24. The molecule has 0 fully saturated rings. The van der Waals surface area contributed by atoms with Crippen molar-refractivity contribution >= 4 is 33.4 Å². The van der Waals surface area contributed by atoms with E-state index in [1.54, 1.807) is 24.3 Å². The molecular weight excluding hydrogens is 440 g/mol. The lowest BCUT2D eigenvalue weighted by atomic mass is 9.93. The molecule has 4 rings (SSSR count). The molecule has 0 saturated carbocycles. The predicted octanol–water partition coefficient (Wildman–Crippen LogP) is 4.91. The molecule has 1 amide bonds. The number of carbonyl (C=O) groups is 1. The summed E-state index contributed by atoms with van der Waals surface area (Å²) in [7, 11) is 0. The standard InChI is InChI=1S/C22H18BrClN2O2/c1-2-14-3-5-15(6-4-14)22(28)20-10-7-16(23)11-19(20)21(27)26(22)13-18-9-8-17(24)12-25-18/h3-12,28H,2,13H2,1H3. The van der Waals surface area contributed by atoms with Crippen molar-refractivity contribution in [1.29, 1.82) is 0 Å². The van der Waals surface area contributed by atoms with E-state index in [-0.39, 0.29) is 12.5 Å². The highest BCUT2D eigenvalue weighted by Crippen LogP contribution is 2.43. The molecule has 0 radical (unpaired) electrons. The van der Waals surface area contributed by atoms with E-state index in [1.165, 1.54) is 16.7 Å². The van der Waals surface area contributed by atoms with Crippen molar-refractivity contribution in [2.24, 2.45) is 0 Å². The number of amides is 1. The van der Waals surface area contributed by atoms with Gasteiger partial charge in [0.15, 0.2) is 5.72 Å². The normalized spacial score (nSPS) is 18.4. The first-order valence-corrected chi connectivity index (χ1v) is 10.1. The minimum atomic E-state index is -1.57. The van der Waals surface area contributed by atoms with Crippen LogP contribution in [-0.2, 0) is 18.7 Å². The summed E-state index contributed by atoms with van der Waals surface area (Å²) in [5.41, 5.74) is 1.94. The Hall–Kier alpha value is -2.21. The zero-order valence-electron chi connectivity index (χ0n) is 15.2. The Labute approximate surface area is 176 Å². The molecule has 0 bridgehead atoms. The minimum Gasteiger partial charge on any atom is -0.363 e. The van der Waals surface area contributed by atoms with Crippen LogP contribution in [0.2, 0.25) is 5.02 Å². The van der Waals surface area contributed by atoms with Crippen LogP contribution in [0.5, 0.6) is 0 Å². The number of carbonyl (C=O) groups excluding carboxylic acids is 1. The molecule has 1 aliphatic rings. The van der Waals surface area contributed by atoms with E-state index in [0.717, 1.165) is 10.9 Å². The molecule has 1 N–H and O–H groups in total. The van der Waals surface area contributed by atoms with Gasteiger partial charge in [-0.3, -0.25) is 14.7 Å². The highest BCUT2D eigenvalue weighted by Gasteiger charge is 2.50. The van der Waals surface area contributed by atoms with Gasteiger partial charge in [-0.15, -0.1) is 0 Å². The van der Waals surface area contributed by atoms with E-state index in [0.29, 0.717) is 27.4 Å². The van der Waals surface area contributed by atoms with Gasteiger partial charge in [-0.05, 0) is 36.2 Å². The molecule has 1 atom stereocenters. The van der Waals surface area contributed by atoms with Crippen molar-refractivity contribution in [3.63, 3.8) is 0 Å². The minimum absolute atomic E-state index is 0.161. The van der Waals surface area contributed by atoms with Crippen LogP contribution < -0.4 is 0 Å². The zero-order chi connectivity index (χ0) is 19.9. The Bertz CT molecular complexity index is 1040. The highest BCUT2D eigenvalue weighted by atomic mass is 79.9. The Morgan fingerprint density at radius 3 is 2.54 bits per heavy atom. The maximum atomic E-state index is 13.2. The molecule has 0 spiro atoms. The Kier molecular flexibility index (Phi) is 5.00. The van der Waals surface area contributed by atoms with Gasteiger partial charge in [0.05, 0.1) is 17.3 Å². The molecule has 2 aromatic carbocycles. The fourth-order valence-corrected chi connectivity index (χ4v) is 4.04. The number of pyridine rings is 1. The number of aliphatic hydroxyl groups is 1. The van der Waals surface area contributed by atoms with Gasteiger partial charge in [-0.1, -0.05) is 64.8 Å². The Balaban J connectivity index is 1.84. The molecule has 4 nitrogen and oxygen atoms in total. The van der Waals surface area contributed by atoms with E-state index < -0.39 is 5.72 Å². The van der Waals surface area contributed by atoms with E-state index in [2.05, 4.69) is 27.8 Å². The smallest absolute Gasteiger partial charge is 0.257 e. The van der Waals surface area contributed by atoms with Gasteiger partial charge in [0.25, 0.3) is 5.91 Å². The van der Waals surface area contributed by atoms with E-state index in [9.17, 15) is 9.90 Å². The van der Waals surface area contributed by atoms with Gasteiger partial charge in [0.1, 0.15) is 0 Å². The molecule has 142 valence electrons. The van der Waals surface area contributed by atoms with E-state index >= 15 is 0 Å². The summed E-state index contributed by atoms with van der Waals surface area (Å²) in [5.74, 6) is -0.241. The number of halogens is 2. The third kappa shape index (κ3) is 3.13. The number of benzene rings is 2. The first-order chi connectivity index (χ1) is 13.4. The third-order valence-corrected chi connectivity index (χ3v) is 5.81. The predicted molar refractivity (Wildman–Crippen MR) is 112 cm³/mol. The van der Waals surface area contributed by atoms with Gasteiger partial charge in [-0.25, -0.2) is 0 Å². The van der Waals surface area contributed by atoms with Crippen molar-refractivity contribution in [2.45, 2.75) is 25.6 Å². The van der Waals surface area contributed by atoms with Gasteiger partial charge >= 0.3 is 0 Å². The van der Waals surface area contributed by atoms with E-state index in [1.807, 2.05) is 30.3 Å². The molecule has 28 heavy (non-hydrogen) atoms. The first-order valence-electron chi connectivity index (χ1n) is 8.97. The average molecular weight is 458 g/mol. The van der Waals surface area contributed by atoms with Crippen LogP contribution in [0.25, 0.3) is 0 Å². The average Bonchev–Trinajstić information content (AvgIpc) is 2.92. The topological polar surface area (TPSA) is 53.4 Å². The summed E-state index contributed by atoms with van der Waals surface area (Å²) < 4.78 is 0.787. The fourth-order valence-electron chi connectivity index (χ4n) is 3.57. The molecule has 0 aliphatic carbocycles. The number of hydrogen-bond donors (Lipinski definition) is 1. The number of aryl methyl sites for hydroxylation is 1. The second-order valence-corrected chi connectivity index (χ2v) is 8.12. The number of aromatic nitrogens is 1. The van der Waals surface area contributed by atoms with Gasteiger partial charge in [0.2, 0.25) is 0 Å². The van der Waals surface area contributed by atoms with Crippen LogP contribution in [0.15, 0.2) is 65.3 Å². The lowest BCUT2D eigenvalue weighted by Gasteiger charge is -2.34. The van der Waals surface area contributed by atoms with Gasteiger partial charge < -0.3 is 5.11 Å². The van der Waals surface area contributed by atoms with Crippen LogP contribution in [0.4, 0.5) is 0 Å². The summed E-state index contributed by atoms with van der Waals surface area (Å²) in [6.07, 6.45) is 2.44. The largest absolute Gasteiger partial charge is 0.363 e. The quantitative estimate of drug-likeness (QED) is 0.606. The Morgan fingerprint density at radius 1 is 1.14 bits per heavy atom. The second kappa shape index (κ2) is 7.32. The van der Waals surface area contributed by atoms with Crippen LogP contribution in [0.1, 0.15) is 39.7 Å². The fraction of sp³-hybridized carbons (Fsp3) is 0.182. The maximum absolute atomic E-state index is 13.2. The van der Waals surface area contributed by atoms with Crippen molar-refractivity contribution in [3.05, 3.63) is 98.2 Å². The summed E-state index contributed by atoms with van der Waals surface area (Å²) in [5, 5.41) is 12.4. The van der Waals surface area contributed by atoms with Gasteiger partial charge in [-0.2, -0.15) is 0 Å². The molecule has 6 heteroatoms. The summed E-state index contributed by atoms with van der Waals surface area (Å²) in [6, 6.07) is 16.6. The number of fused-ring (bicyclic) bond motifs is 1. The van der Waals surface area contributed by atoms with Crippen molar-refractivity contribution in [1.82, 2.24) is 9.88 Å². The molecule has 1 aliphatic heterocycles. The number of nitrogens with zero attached hydrogens (tertiary/aromatic N) is 2. The van der Waals surface area contributed by atoms with Gasteiger partial charge in [0, 0.05) is 27.4 Å². The molecular formula is C22H18BrClN2O2. The van der Waals surface area contributed by atoms with Crippen LogP contribution in [0, 0.1) is 0 Å². The van der Waals surface area contributed by atoms with Crippen molar-refractivity contribution in [2.75, 3.05) is 0 Å². The third-order valence-electron chi connectivity index (χ3n) is 5.10. The molecule has 1 aromatic heterocycles. The highest BCUT2D eigenvalue weighted by molar-refractivity contribution is 9.10. The van der Waals surface area contributed by atoms with Crippen LogP contribution in [-0.4, -0.2) is 20.9 Å². The monoisotopic (exact) mass is 456 g/mol. The molecule has 2 heterocycles. The Morgan fingerprint density at radius 2 is 1.89 bits per heavy atom. The molecule has 0 saturated heterocycles. The number of rotatable bonds is 4. The van der Waals surface area contributed by atoms with Crippen LogP contribution >= 0.6 is 27.5 Å². The SMILES string of the molecule is CCc1ccc(C2(O)c3ccc(Br)cc3C(=O)N2Cc2ccc(Cl)cn2)cc1. The first kappa shape index (κ1) is 19.1. The summed E-state index contributed by atoms with van der Waals surface area (Å²) in [4.78, 5) is 19.0. The molecule has 1 unspecified atom stereocenters.